The fourth-order valence-corrected chi connectivity index (χ4v) is 9.89. The van der Waals surface area contributed by atoms with Crippen molar-refractivity contribution >= 4 is 34.4 Å². The van der Waals surface area contributed by atoms with Crippen molar-refractivity contribution in [3.05, 3.63) is 113 Å². The minimum Gasteiger partial charge on any atom is -0.324 e. The number of amidine groups is 1. The molecule has 3 aromatic rings. The number of fused-ring (bicyclic) bond motifs is 4. The summed E-state index contributed by atoms with van der Waals surface area (Å²) in [5.74, 6) is -0.365. The highest BCUT2D eigenvalue weighted by Gasteiger charge is 2.78. The third kappa shape index (κ3) is 3.22. The lowest BCUT2D eigenvalue weighted by Gasteiger charge is -2.42. The number of likely N-dealkylation sites (N-methyl/N-ethyl adjacent to an activating group) is 1. The molecule has 5 aliphatic rings. The number of nitrogens with one attached hydrogen (secondary N) is 1. The molecule has 0 radical (unpaired) electrons. The third-order valence-corrected chi connectivity index (χ3v) is 11.4. The Bertz CT molecular complexity index is 1640. The van der Waals surface area contributed by atoms with Gasteiger partial charge in [0.25, 0.3) is 5.91 Å². The fourth-order valence-electron chi connectivity index (χ4n) is 8.12. The Hall–Kier alpha value is -3.68. The van der Waals surface area contributed by atoms with Gasteiger partial charge in [-0.15, -0.1) is 0 Å². The average Bonchev–Trinajstić information content (AvgIpc) is 3.47. The summed E-state index contributed by atoms with van der Waals surface area (Å²) < 4.78 is -1.13. The molecule has 41 heavy (non-hydrogen) atoms. The van der Waals surface area contributed by atoms with Crippen LogP contribution in [0.1, 0.15) is 60.8 Å². The summed E-state index contributed by atoms with van der Waals surface area (Å²) in [6, 6.07) is 28.4. The average molecular weight is 561 g/mol. The van der Waals surface area contributed by atoms with E-state index in [-0.39, 0.29) is 23.8 Å². The number of carbonyl (C=O) groups is 2. The Labute approximate surface area is 244 Å². The van der Waals surface area contributed by atoms with Crippen LogP contribution < -0.4 is 5.32 Å². The molecular weight excluding hydrogens is 528 g/mol. The Kier molecular flexibility index (Phi) is 5.60. The number of allylic oxidation sites excluding steroid dienone is 1. The maximum Gasteiger partial charge on any atom is 0.251 e. The predicted octanol–water partition coefficient (Wildman–Crippen LogP) is 6.21. The number of para-hydroxylation sites is 1. The van der Waals surface area contributed by atoms with Crippen molar-refractivity contribution < 1.29 is 9.59 Å². The van der Waals surface area contributed by atoms with Crippen molar-refractivity contribution in [2.75, 3.05) is 18.9 Å². The van der Waals surface area contributed by atoms with E-state index in [0.29, 0.717) is 6.54 Å². The first-order chi connectivity index (χ1) is 20.1. The molecule has 4 aliphatic heterocycles. The number of benzene rings is 3. The smallest absolute Gasteiger partial charge is 0.251 e. The van der Waals surface area contributed by atoms with E-state index < -0.39 is 10.3 Å². The van der Waals surface area contributed by atoms with Gasteiger partial charge in [-0.25, -0.2) is 4.99 Å². The van der Waals surface area contributed by atoms with E-state index >= 15 is 4.79 Å². The molecule has 206 valence electrons. The Morgan fingerprint density at radius 2 is 1.54 bits per heavy atom. The van der Waals surface area contributed by atoms with E-state index in [2.05, 4.69) is 46.6 Å². The highest BCUT2D eigenvalue weighted by atomic mass is 32.2. The lowest BCUT2D eigenvalue weighted by atomic mass is 9.71. The highest BCUT2D eigenvalue weighted by molar-refractivity contribution is 8.16. The van der Waals surface area contributed by atoms with Crippen LogP contribution >= 0.6 is 11.8 Å². The van der Waals surface area contributed by atoms with Crippen molar-refractivity contribution in [1.29, 1.82) is 0 Å². The summed E-state index contributed by atoms with van der Waals surface area (Å²) >= 11 is 1.53. The first-order valence-electron chi connectivity index (χ1n) is 14.6. The zero-order valence-corrected chi connectivity index (χ0v) is 23.9. The van der Waals surface area contributed by atoms with Gasteiger partial charge in [0.1, 0.15) is 4.75 Å². The molecule has 4 unspecified atom stereocenters. The van der Waals surface area contributed by atoms with E-state index in [0.717, 1.165) is 58.9 Å². The van der Waals surface area contributed by atoms with Gasteiger partial charge in [-0.1, -0.05) is 97.0 Å². The first-order valence-corrected chi connectivity index (χ1v) is 15.4. The zero-order valence-electron chi connectivity index (χ0n) is 23.0. The summed E-state index contributed by atoms with van der Waals surface area (Å²) in [4.78, 5) is 39.3. The quantitative estimate of drug-likeness (QED) is 0.405. The number of anilines is 1. The van der Waals surface area contributed by atoms with Crippen LogP contribution in [0.2, 0.25) is 0 Å². The van der Waals surface area contributed by atoms with Gasteiger partial charge in [0, 0.05) is 29.4 Å². The third-order valence-electron chi connectivity index (χ3n) is 9.81. The van der Waals surface area contributed by atoms with Gasteiger partial charge in [0.15, 0.2) is 10.7 Å². The number of hydrogen-bond donors (Lipinski definition) is 1. The standard InChI is InChI=1S/C34H32N4O2S/c1-37-21-26(22-13-5-2-6-14-22)34(33(37)25-18-11-12-20-28(25)35-30(33)39)31(40)38-29(23-15-7-3-8-16-23)24-17-9-4-10-19-27(24)36-32(38)41-34/h2-3,5-8,11-16,18,20,26,29H,4,9-10,17,19,21H2,1H3,(H,35,39). The second-order valence-corrected chi connectivity index (χ2v) is 13.0. The Balaban J connectivity index is 1.39. The van der Waals surface area contributed by atoms with Crippen molar-refractivity contribution in [2.45, 2.75) is 54.3 Å². The molecule has 7 heteroatoms. The Morgan fingerprint density at radius 3 is 2.32 bits per heavy atom. The topological polar surface area (TPSA) is 65.0 Å². The molecule has 0 aromatic heterocycles. The predicted molar refractivity (Wildman–Crippen MR) is 162 cm³/mol. The SMILES string of the molecule is CN1CC(c2ccccc2)C2(SC3=NC4=C(CCCCC4)C(c4ccccc4)N3C2=O)C12C(=O)Nc1ccccc12. The van der Waals surface area contributed by atoms with Crippen molar-refractivity contribution in [1.82, 2.24) is 9.80 Å². The molecule has 2 fully saturated rings. The molecule has 1 aliphatic carbocycles. The number of rotatable bonds is 2. The molecule has 4 atom stereocenters. The van der Waals surface area contributed by atoms with E-state index in [4.69, 9.17) is 4.99 Å². The lowest BCUT2D eigenvalue weighted by Crippen LogP contribution is -2.62. The van der Waals surface area contributed by atoms with Gasteiger partial charge < -0.3 is 5.32 Å². The number of amides is 2. The lowest BCUT2D eigenvalue weighted by molar-refractivity contribution is -0.139. The number of carbonyl (C=O) groups excluding carboxylic acids is 2. The van der Waals surface area contributed by atoms with Gasteiger partial charge in [-0.3, -0.25) is 19.4 Å². The molecule has 3 aromatic carbocycles. The van der Waals surface area contributed by atoms with E-state index in [9.17, 15) is 4.79 Å². The van der Waals surface area contributed by atoms with Crippen molar-refractivity contribution in [3.63, 3.8) is 0 Å². The molecule has 8 rings (SSSR count). The fraction of sp³-hybridized carbons (Fsp3) is 0.324. The maximum absolute atomic E-state index is 15.5. The summed E-state index contributed by atoms with van der Waals surface area (Å²) in [6.07, 6.45) is 5.24. The number of nitrogens with zero attached hydrogens (tertiary/aromatic N) is 3. The monoisotopic (exact) mass is 560 g/mol. The summed E-state index contributed by atoms with van der Waals surface area (Å²) in [5, 5.41) is 3.91. The van der Waals surface area contributed by atoms with Crippen molar-refractivity contribution in [3.8, 4) is 0 Å². The molecule has 2 saturated heterocycles. The normalized spacial score (nSPS) is 30.8. The largest absolute Gasteiger partial charge is 0.324 e. The number of likely N-dealkylation sites (tertiary alicyclic amines) is 1. The van der Waals surface area contributed by atoms with Crippen molar-refractivity contribution in [2.24, 2.45) is 4.99 Å². The summed E-state index contributed by atoms with van der Waals surface area (Å²) in [5.41, 5.74) is 5.05. The highest BCUT2D eigenvalue weighted by Crippen LogP contribution is 2.67. The number of hydrogen-bond acceptors (Lipinski definition) is 5. The number of thioether (sulfide) groups is 1. The van der Waals surface area contributed by atoms with Gasteiger partial charge in [0.2, 0.25) is 5.91 Å². The van der Waals surface area contributed by atoms with Crippen LogP contribution in [0.5, 0.6) is 0 Å². The van der Waals surface area contributed by atoms with Crippen LogP contribution in [0.3, 0.4) is 0 Å². The summed E-state index contributed by atoms with van der Waals surface area (Å²) in [6.45, 7) is 0.578. The maximum atomic E-state index is 15.5. The van der Waals surface area contributed by atoms with Gasteiger partial charge in [-0.05, 0) is 55.5 Å². The minimum absolute atomic E-state index is 0.0176. The summed E-state index contributed by atoms with van der Waals surface area (Å²) in [7, 11) is 2.00. The van der Waals surface area contributed by atoms with Gasteiger partial charge >= 0.3 is 0 Å². The van der Waals surface area contributed by atoms with Gasteiger partial charge in [-0.2, -0.15) is 0 Å². The molecule has 2 amide bonds. The van der Waals surface area contributed by atoms with Gasteiger partial charge in [0.05, 0.1) is 6.04 Å². The molecule has 1 N–H and O–H groups in total. The van der Waals surface area contributed by atoms with E-state index in [1.165, 1.54) is 23.8 Å². The first kappa shape index (κ1) is 25.1. The van der Waals surface area contributed by atoms with E-state index in [1.807, 2.05) is 60.5 Å². The molecule has 2 spiro atoms. The van der Waals surface area contributed by atoms with Crippen LogP contribution in [0.15, 0.2) is 101 Å². The number of aliphatic imine (C=N–C) groups is 1. The zero-order chi connectivity index (χ0) is 27.8. The minimum atomic E-state index is -1.18. The molecule has 0 bridgehead atoms. The molecular formula is C34H32N4O2S. The molecule has 0 saturated carbocycles. The van der Waals surface area contributed by atoms with Crippen LogP contribution in [0.25, 0.3) is 0 Å². The second-order valence-electron chi connectivity index (χ2n) is 11.8. The second kappa shape index (κ2) is 9.16. The Morgan fingerprint density at radius 1 is 0.854 bits per heavy atom. The van der Waals surface area contributed by atoms with Crippen LogP contribution in [-0.2, 0) is 15.1 Å². The van der Waals surface area contributed by atoms with Crippen LogP contribution in [0, 0.1) is 0 Å². The van der Waals surface area contributed by atoms with Crippen LogP contribution in [-0.4, -0.2) is 45.1 Å². The van der Waals surface area contributed by atoms with Crippen LogP contribution in [0.4, 0.5) is 5.69 Å². The molecule has 4 heterocycles. The molecule has 6 nitrogen and oxygen atoms in total. The van der Waals surface area contributed by atoms with E-state index in [1.54, 1.807) is 0 Å².